The zero-order valence-corrected chi connectivity index (χ0v) is 34.2. The number of carbonyl (C=O) groups excluding carboxylic acids is 6. The van der Waals surface area contributed by atoms with E-state index in [-0.39, 0.29) is 60.0 Å². The molecule has 4 saturated heterocycles. The molecule has 0 radical (unpaired) electrons. The lowest BCUT2D eigenvalue weighted by atomic mass is 9.38. The van der Waals surface area contributed by atoms with Crippen LogP contribution in [0.3, 0.4) is 0 Å². The van der Waals surface area contributed by atoms with Crippen LogP contribution in [0, 0.1) is 22.7 Å². The average molecular weight is 803 g/mol. The molecule has 4 bridgehead atoms. The van der Waals surface area contributed by atoms with Gasteiger partial charge in [0.2, 0.25) is 0 Å². The van der Waals surface area contributed by atoms with E-state index in [0.717, 1.165) is 36.8 Å². The minimum absolute atomic E-state index is 0.0666. The van der Waals surface area contributed by atoms with E-state index < -0.39 is 58.5 Å². The van der Waals surface area contributed by atoms with E-state index in [0.29, 0.717) is 47.7 Å². The van der Waals surface area contributed by atoms with Gasteiger partial charge in [0, 0.05) is 113 Å². The lowest BCUT2D eigenvalue weighted by Gasteiger charge is -2.69. The third-order valence-corrected chi connectivity index (χ3v) is 15.1. The number of carbonyl (C=O) groups is 6. The minimum Gasteiger partial charge on any atom is -0.550 e. The Labute approximate surface area is 338 Å². The lowest BCUT2D eigenvalue weighted by Crippen LogP contribution is -2.75. The molecule has 4 aliphatic heterocycles. The molecule has 0 spiro atoms. The Morgan fingerprint density at radius 3 is 1.09 bits per heavy atom. The van der Waals surface area contributed by atoms with Crippen molar-refractivity contribution in [2.75, 3.05) is 14.1 Å². The molecule has 2 aromatic carbocycles. The number of rotatable bonds is 12. The van der Waals surface area contributed by atoms with Crippen LogP contribution in [-0.4, -0.2) is 83.0 Å². The molecule has 6 atom stereocenters. The molecule has 0 N–H and O–H groups in total. The number of carboxylic acid groups (broad SMARTS) is 2. The van der Waals surface area contributed by atoms with Crippen LogP contribution in [-0.2, 0) is 41.9 Å². The summed E-state index contributed by atoms with van der Waals surface area (Å²) in [6, 6.07) is 10.6. The molecule has 312 valence electrons. The topological polar surface area (TPSA) is 185 Å². The fourth-order valence-corrected chi connectivity index (χ4v) is 12.5. The van der Waals surface area contributed by atoms with E-state index >= 15 is 0 Å². The molecule has 0 amide bonds. The van der Waals surface area contributed by atoms with E-state index in [9.17, 15) is 39.0 Å². The monoisotopic (exact) mass is 802 g/mol. The van der Waals surface area contributed by atoms with Gasteiger partial charge in [0.25, 0.3) is 0 Å². The smallest absolute Gasteiger partial charge is 0.308 e. The van der Waals surface area contributed by atoms with Crippen LogP contribution in [0.1, 0.15) is 103 Å². The summed E-state index contributed by atoms with van der Waals surface area (Å²) in [6.45, 7) is 6.23. The Hall–Kier alpha value is -4.82. The molecule has 58 heavy (non-hydrogen) atoms. The van der Waals surface area contributed by atoms with Crippen molar-refractivity contribution in [2.24, 2.45) is 22.7 Å². The maximum absolute atomic E-state index is 13.7. The first-order valence-electron chi connectivity index (χ1n) is 20.4. The zero-order chi connectivity index (χ0) is 41.9. The van der Waals surface area contributed by atoms with Crippen LogP contribution in [0.5, 0.6) is 23.0 Å². The highest BCUT2D eigenvalue weighted by atomic mass is 16.6. The number of hydrogen-bond acceptors (Lipinski definition) is 12. The number of nitrogens with zero attached hydrogens (tertiary/aromatic N) is 2. The summed E-state index contributed by atoms with van der Waals surface area (Å²) in [6.07, 6.45) is 6.12. The standard InChI is InChI=1S/C44H54N2O12/c1-25(47)55-37-13-7-29(17-39(37)57-27(3)49)23-45(5)33-9-10-34(45)20-31(19-33)43(41(51)52)15-16-44(43,42(53)54)32-21-35-11-12-36(22-32)46(35,6)24-30-8-14-38(56-26(2)48)40(18-30)58-28(4)50/h7-8,13-14,17-18,31-36H,9-12,15-16,19-24H2,1-6H3. The summed E-state index contributed by atoms with van der Waals surface area (Å²) in [7, 11) is 4.33. The highest BCUT2D eigenvalue weighted by Gasteiger charge is 2.71. The molecule has 5 aliphatic rings. The molecule has 14 heteroatoms. The van der Waals surface area contributed by atoms with Crippen LogP contribution in [0.15, 0.2) is 36.4 Å². The van der Waals surface area contributed by atoms with Crippen molar-refractivity contribution in [1.29, 1.82) is 0 Å². The Bertz CT molecular complexity index is 1880. The van der Waals surface area contributed by atoms with Gasteiger partial charge >= 0.3 is 23.9 Å². The van der Waals surface area contributed by atoms with Crippen LogP contribution < -0.4 is 29.2 Å². The van der Waals surface area contributed by atoms with E-state index in [1.54, 1.807) is 24.3 Å². The molecule has 6 unspecified atom stereocenters. The number of carboxylic acids is 2. The SMILES string of the molecule is CC(=O)Oc1ccc(C[N+]2(C)C3CCC2CC(C2(C(=O)[O-])CCC2(C(=O)[O-])C2CC4CCC(C2)[N+]4(C)Cc2ccc(OC(C)=O)c(OC(C)=O)c2)C3)cc1OC(C)=O. The highest BCUT2D eigenvalue weighted by molar-refractivity contribution is 5.88. The van der Waals surface area contributed by atoms with Gasteiger partial charge in [0.1, 0.15) is 13.1 Å². The van der Waals surface area contributed by atoms with Crippen molar-refractivity contribution in [3.63, 3.8) is 0 Å². The van der Waals surface area contributed by atoms with E-state index in [1.165, 1.54) is 27.7 Å². The molecule has 0 aromatic heterocycles. The van der Waals surface area contributed by atoms with Gasteiger partial charge in [0.15, 0.2) is 23.0 Å². The van der Waals surface area contributed by atoms with Gasteiger partial charge in [-0.3, -0.25) is 19.2 Å². The summed E-state index contributed by atoms with van der Waals surface area (Å²) < 4.78 is 22.6. The summed E-state index contributed by atoms with van der Waals surface area (Å²) in [4.78, 5) is 74.5. The van der Waals surface area contributed by atoms with Crippen molar-refractivity contribution < 1.29 is 66.9 Å². The number of aliphatic carboxylic acids is 2. The van der Waals surface area contributed by atoms with Crippen molar-refractivity contribution in [3.05, 3.63) is 47.5 Å². The van der Waals surface area contributed by atoms with Crippen molar-refractivity contribution in [3.8, 4) is 23.0 Å². The van der Waals surface area contributed by atoms with Crippen LogP contribution in [0.4, 0.5) is 0 Å². The Kier molecular flexibility index (Phi) is 10.8. The zero-order valence-electron chi connectivity index (χ0n) is 34.2. The largest absolute Gasteiger partial charge is 0.550 e. The number of piperidine rings is 2. The predicted molar refractivity (Wildman–Crippen MR) is 201 cm³/mol. The van der Waals surface area contributed by atoms with Gasteiger partial charge in [-0.25, -0.2) is 0 Å². The van der Waals surface area contributed by atoms with Gasteiger partial charge in [0.05, 0.1) is 38.3 Å². The Balaban J connectivity index is 1.13. The third kappa shape index (κ3) is 6.85. The molecular weight excluding hydrogens is 748 g/mol. The minimum atomic E-state index is -1.55. The van der Waals surface area contributed by atoms with Gasteiger partial charge in [-0.15, -0.1) is 0 Å². The second-order valence-electron chi connectivity index (χ2n) is 18.1. The molecule has 2 aromatic rings. The van der Waals surface area contributed by atoms with Gasteiger partial charge in [-0.05, 0) is 61.1 Å². The Morgan fingerprint density at radius 2 is 0.828 bits per heavy atom. The molecule has 5 fully saturated rings. The van der Waals surface area contributed by atoms with E-state index in [4.69, 9.17) is 18.9 Å². The first-order valence-corrected chi connectivity index (χ1v) is 20.4. The second kappa shape index (κ2) is 15.1. The maximum Gasteiger partial charge on any atom is 0.308 e. The first-order chi connectivity index (χ1) is 27.3. The lowest BCUT2D eigenvalue weighted by molar-refractivity contribution is -0.963. The average Bonchev–Trinajstić information content (AvgIpc) is 3.33. The summed E-state index contributed by atoms with van der Waals surface area (Å²) in [5.41, 5.74) is -1.37. The number of ether oxygens (including phenoxy) is 4. The summed E-state index contributed by atoms with van der Waals surface area (Å²) in [5, 5.41) is 27.4. The van der Waals surface area contributed by atoms with E-state index in [1.807, 2.05) is 12.1 Å². The van der Waals surface area contributed by atoms with Crippen molar-refractivity contribution in [1.82, 2.24) is 0 Å². The van der Waals surface area contributed by atoms with E-state index in [2.05, 4.69) is 14.1 Å². The summed E-state index contributed by atoms with van der Waals surface area (Å²) >= 11 is 0. The Morgan fingerprint density at radius 1 is 0.534 bits per heavy atom. The van der Waals surface area contributed by atoms with Crippen molar-refractivity contribution in [2.45, 2.75) is 129 Å². The third-order valence-electron chi connectivity index (χ3n) is 15.1. The molecular formula is C44H54N2O12. The number of esters is 4. The van der Waals surface area contributed by atoms with Gasteiger partial charge in [-0.2, -0.15) is 0 Å². The fourth-order valence-electron chi connectivity index (χ4n) is 12.5. The number of quaternary nitrogens is 2. The molecule has 7 rings (SSSR count). The fraction of sp³-hybridized carbons (Fsp3) is 0.591. The summed E-state index contributed by atoms with van der Waals surface area (Å²) in [5.74, 6) is -4.94. The van der Waals surface area contributed by atoms with Crippen LogP contribution in [0.2, 0.25) is 0 Å². The first kappa shape index (κ1) is 41.3. The maximum atomic E-state index is 13.7. The van der Waals surface area contributed by atoms with Crippen LogP contribution >= 0.6 is 0 Å². The number of benzene rings is 2. The normalized spacial score (nSPS) is 34.7. The van der Waals surface area contributed by atoms with Crippen LogP contribution in [0.25, 0.3) is 0 Å². The predicted octanol–water partition coefficient (Wildman–Crippen LogP) is 3.13. The quantitative estimate of drug-likeness (QED) is 0.174. The van der Waals surface area contributed by atoms with Gasteiger partial charge < -0.3 is 47.7 Å². The second-order valence-corrected chi connectivity index (χ2v) is 18.1. The van der Waals surface area contributed by atoms with Crippen molar-refractivity contribution >= 4 is 35.8 Å². The molecule has 1 saturated carbocycles. The number of fused-ring (bicyclic) bond motifs is 4. The van der Waals surface area contributed by atoms with Gasteiger partial charge in [-0.1, -0.05) is 0 Å². The number of hydrogen-bond donors (Lipinski definition) is 0. The highest BCUT2D eigenvalue weighted by Crippen LogP contribution is 2.70. The molecule has 14 nitrogen and oxygen atoms in total. The molecule has 4 heterocycles. The molecule has 1 aliphatic carbocycles.